The highest BCUT2D eigenvalue weighted by atomic mass is 19.1. The number of carbonyl (C=O) groups excluding carboxylic acids is 1. The third kappa shape index (κ3) is 4.51. The van der Waals surface area contributed by atoms with Crippen LogP contribution in [0.4, 0.5) is 4.39 Å². The van der Waals surface area contributed by atoms with E-state index in [2.05, 4.69) is 5.32 Å². The SMILES string of the molecule is COCc1cc(CNC(=O)C2CCCC(N)C2)ccc1F. The Balaban J connectivity index is 1.90. The fourth-order valence-electron chi connectivity index (χ4n) is 2.80. The monoisotopic (exact) mass is 294 g/mol. The topological polar surface area (TPSA) is 64.3 Å². The fourth-order valence-corrected chi connectivity index (χ4v) is 2.80. The van der Waals surface area contributed by atoms with E-state index in [1.54, 1.807) is 12.1 Å². The second-order valence-electron chi connectivity index (χ2n) is 5.70. The largest absolute Gasteiger partial charge is 0.380 e. The lowest BCUT2D eigenvalue weighted by molar-refractivity contribution is -0.126. The van der Waals surface area contributed by atoms with Crippen molar-refractivity contribution >= 4 is 5.91 Å². The number of rotatable bonds is 5. The lowest BCUT2D eigenvalue weighted by atomic mass is 9.85. The van der Waals surface area contributed by atoms with Crippen LogP contribution in [0.5, 0.6) is 0 Å². The average molecular weight is 294 g/mol. The average Bonchev–Trinajstić information content (AvgIpc) is 2.48. The van der Waals surface area contributed by atoms with Gasteiger partial charge in [0.2, 0.25) is 5.91 Å². The number of carbonyl (C=O) groups is 1. The molecule has 1 aromatic carbocycles. The Kier molecular flexibility index (Phi) is 5.70. The summed E-state index contributed by atoms with van der Waals surface area (Å²) in [7, 11) is 1.53. The third-order valence-electron chi connectivity index (χ3n) is 3.96. The predicted octanol–water partition coefficient (Wildman–Crippen LogP) is 2.11. The second kappa shape index (κ2) is 7.52. The van der Waals surface area contributed by atoms with E-state index in [9.17, 15) is 9.18 Å². The first-order valence-electron chi connectivity index (χ1n) is 7.39. The van der Waals surface area contributed by atoms with Gasteiger partial charge in [-0.2, -0.15) is 0 Å². The number of methoxy groups -OCH3 is 1. The second-order valence-corrected chi connectivity index (χ2v) is 5.70. The molecule has 1 aliphatic carbocycles. The molecular formula is C16H23FN2O2. The first-order chi connectivity index (χ1) is 10.1. The third-order valence-corrected chi connectivity index (χ3v) is 3.96. The Morgan fingerprint density at radius 2 is 2.29 bits per heavy atom. The minimum Gasteiger partial charge on any atom is -0.380 e. The van der Waals surface area contributed by atoms with Crippen LogP contribution in [0.15, 0.2) is 18.2 Å². The lowest BCUT2D eigenvalue weighted by Crippen LogP contribution is -2.37. The number of hydrogen-bond donors (Lipinski definition) is 2. The minimum atomic E-state index is -0.287. The smallest absolute Gasteiger partial charge is 0.223 e. The van der Waals surface area contributed by atoms with Gasteiger partial charge in [-0.25, -0.2) is 4.39 Å². The van der Waals surface area contributed by atoms with Crippen LogP contribution in [0.1, 0.15) is 36.8 Å². The van der Waals surface area contributed by atoms with E-state index in [4.69, 9.17) is 10.5 Å². The number of benzene rings is 1. The van der Waals surface area contributed by atoms with Crippen LogP contribution in [0.25, 0.3) is 0 Å². The van der Waals surface area contributed by atoms with Crippen molar-refractivity contribution in [2.24, 2.45) is 11.7 Å². The summed E-state index contributed by atoms with van der Waals surface area (Å²) in [6, 6.07) is 4.95. The summed E-state index contributed by atoms with van der Waals surface area (Å²) in [4.78, 5) is 12.1. The van der Waals surface area contributed by atoms with Gasteiger partial charge in [0.1, 0.15) is 5.82 Å². The molecule has 2 rings (SSSR count). The molecule has 1 saturated carbocycles. The molecule has 2 atom stereocenters. The highest BCUT2D eigenvalue weighted by Crippen LogP contribution is 2.23. The van der Waals surface area contributed by atoms with Gasteiger partial charge in [0.15, 0.2) is 0 Å². The first-order valence-corrected chi connectivity index (χ1v) is 7.39. The van der Waals surface area contributed by atoms with Crippen LogP contribution in [-0.4, -0.2) is 19.1 Å². The molecule has 0 bridgehead atoms. The normalized spacial score (nSPS) is 22.0. The van der Waals surface area contributed by atoms with E-state index in [0.29, 0.717) is 12.1 Å². The molecule has 0 aliphatic heterocycles. The predicted molar refractivity (Wildman–Crippen MR) is 78.9 cm³/mol. The molecule has 1 aliphatic rings. The summed E-state index contributed by atoms with van der Waals surface area (Å²) < 4.78 is 18.5. The lowest BCUT2D eigenvalue weighted by Gasteiger charge is -2.25. The Hall–Kier alpha value is -1.46. The highest BCUT2D eigenvalue weighted by Gasteiger charge is 2.24. The Morgan fingerprint density at radius 1 is 1.48 bits per heavy atom. The summed E-state index contributed by atoms with van der Waals surface area (Å²) in [6.45, 7) is 0.632. The zero-order valence-electron chi connectivity index (χ0n) is 12.4. The van der Waals surface area contributed by atoms with Crippen LogP contribution >= 0.6 is 0 Å². The quantitative estimate of drug-likeness (QED) is 0.874. The maximum absolute atomic E-state index is 13.5. The van der Waals surface area contributed by atoms with Gasteiger partial charge in [-0.05, 0) is 37.0 Å². The van der Waals surface area contributed by atoms with Crippen molar-refractivity contribution in [1.29, 1.82) is 0 Å². The van der Waals surface area contributed by atoms with Crippen LogP contribution in [0.3, 0.4) is 0 Å². The molecule has 0 radical (unpaired) electrons. The molecule has 3 N–H and O–H groups in total. The van der Waals surface area contributed by atoms with E-state index in [1.807, 2.05) is 0 Å². The molecule has 0 saturated heterocycles. The number of nitrogens with one attached hydrogen (secondary N) is 1. The van der Waals surface area contributed by atoms with E-state index in [-0.39, 0.29) is 30.3 Å². The Morgan fingerprint density at radius 3 is 3.00 bits per heavy atom. The Bertz CT molecular complexity index is 493. The van der Waals surface area contributed by atoms with Gasteiger partial charge in [0, 0.05) is 31.2 Å². The van der Waals surface area contributed by atoms with Gasteiger partial charge in [-0.1, -0.05) is 12.5 Å². The highest BCUT2D eigenvalue weighted by molar-refractivity contribution is 5.78. The molecule has 5 heteroatoms. The number of amides is 1. The molecule has 1 amide bonds. The summed E-state index contributed by atoms with van der Waals surface area (Å²) in [5.41, 5.74) is 7.28. The van der Waals surface area contributed by atoms with E-state index in [0.717, 1.165) is 31.2 Å². The van der Waals surface area contributed by atoms with Crippen LogP contribution < -0.4 is 11.1 Å². The summed E-state index contributed by atoms with van der Waals surface area (Å²) >= 11 is 0. The summed E-state index contributed by atoms with van der Waals surface area (Å²) in [5.74, 6) is -0.236. The molecule has 1 aromatic rings. The maximum atomic E-state index is 13.5. The van der Waals surface area contributed by atoms with Crippen molar-refractivity contribution < 1.29 is 13.9 Å². The van der Waals surface area contributed by atoms with E-state index in [1.165, 1.54) is 13.2 Å². The van der Waals surface area contributed by atoms with Gasteiger partial charge < -0.3 is 15.8 Å². The first kappa shape index (κ1) is 15.9. The van der Waals surface area contributed by atoms with Gasteiger partial charge in [0.25, 0.3) is 0 Å². The van der Waals surface area contributed by atoms with Gasteiger partial charge in [-0.3, -0.25) is 4.79 Å². The van der Waals surface area contributed by atoms with Crippen molar-refractivity contribution in [3.05, 3.63) is 35.1 Å². The maximum Gasteiger partial charge on any atom is 0.223 e. The van der Waals surface area contributed by atoms with Crippen LogP contribution in [0.2, 0.25) is 0 Å². The van der Waals surface area contributed by atoms with Gasteiger partial charge in [-0.15, -0.1) is 0 Å². The molecule has 0 aromatic heterocycles. The number of ether oxygens (including phenoxy) is 1. The van der Waals surface area contributed by atoms with Crippen LogP contribution in [-0.2, 0) is 22.7 Å². The number of hydrogen-bond acceptors (Lipinski definition) is 3. The zero-order valence-corrected chi connectivity index (χ0v) is 12.4. The molecule has 2 unspecified atom stereocenters. The molecule has 0 spiro atoms. The van der Waals surface area contributed by atoms with Crippen molar-refractivity contribution in [2.45, 2.75) is 44.9 Å². The van der Waals surface area contributed by atoms with Crippen molar-refractivity contribution in [3.8, 4) is 0 Å². The summed E-state index contributed by atoms with van der Waals surface area (Å²) in [5, 5.41) is 2.92. The van der Waals surface area contributed by atoms with Crippen LogP contribution in [0, 0.1) is 11.7 Å². The van der Waals surface area contributed by atoms with Crippen molar-refractivity contribution in [2.75, 3.05) is 7.11 Å². The molecule has 1 fully saturated rings. The van der Waals surface area contributed by atoms with Gasteiger partial charge in [0.05, 0.1) is 6.61 Å². The Labute approximate surface area is 124 Å². The molecular weight excluding hydrogens is 271 g/mol. The molecule has 21 heavy (non-hydrogen) atoms. The standard InChI is InChI=1S/C16H23FN2O2/c1-21-10-13-7-11(5-6-15(13)17)9-19-16(20)12-3-2-4-14(18)8-12/h5-7,12,14H,2-4,8-10,18H2,1H3,(H,19,20). The number of halogens is 1. The van der Waals surface area contributed by atoms with E-state index >= 15 is 0 Å². The zero-order chi connectivity index (χ0) is 15.2. The van der Waals surface area contributed by atoms with E-state index < -0.39 is 0 Å². The summed E-state index contributed by atoms with van der Waals surface area (Å²) in [6.07, 6.45) is 3.66. The van der Waals surface area contributed by atoms with Crippen molar-refractivity contribution in [1.82, 2.24) is 5.32 Å². The molecule has 116 valence electrons. The minimum absolute atomic E-state index is 0.00708. The molecule has 4 nitrogen and oxygen atoms in total. The molecule has 0 heterocycles. The van der Waals surface area contributed by atoms with Crippen molar-refractivity contribution in [3.63, 3.8) is 0 Å². The number of nitrogens with two attached hydrogens (primary N) is 1. The fraction of sp³-hybridized carbons (Fsp3) is 0.562. The van der Waals surface area contributed by atoms with Gasteiger partial charge >= 0.3 is 0 Å².